The smallest absolute Gasteiger partial charge is 0.158 e. The summed E-state index contributed by atoms with van der Waals surface area (Å²) in [6.07, 6.45) is 1.07. The van der Waals surface area contributed by atoms with Gasteiger partial charge in [-0.3, -0.25) is 0 Å². The van der Waals surface area contributed by atoms with Crippen LogP contribution in [0.5, 0.6) is 0 Å². The maximum absolute atomic E-state index is 5.82. The molecule has 1 aromatic rings. The van der Waals surface area contributed by atoms with Gasteiger partial charge < -0.3 is 9.57 Å². The Bertz CT molecular complexity index is 398. The highest BCUT2D eigenvalue weighted by Gasteiger charge is 2.35. The molecular formula is C11H10ClNO2. The Balaban J connectivity index is 1.72. The molecular weight excluding hydrogens is 214 g/mol. The molecule has 78 valence electrons. The lowest BCUT2D eigenvalue weighted by atomic mass is 10.0. The molecule has 0 unspecified atom stereocenters. The second kappa shape index (κ2) is 3.51. The molecule has 2 aliphatic heterocycles. The van der Waals surface area contributed by atoms with Gasteiger partial charge in [0.05, 0.1) is 12.3 Å². The molecule has 3 rings (SSSR count). The minimum absolute atomic E-state index is 0.0291. The molecule has 0 aromatic heterocycles. The highest BCUT2D eigenvalue weighted by molar-refractivity contribution is 6.30. The normalized spacial score (nSPS) is 28.5. The van der Waals surface area contributed by atoms with Crippen LogP contribution in [0, 0.1) is 0 Å². The molecule has 1 fully saturated rings. The van der Waals surface area contributed by atoms with Gasteiger partial charge in [0, 0.05) is 11.4 Å². The molecule has 1 saturated heterocycles. The zero-order valence-electron chi connectivity index (χ0n) is 8.02. The Morgan fingerprint density at radius 3 is 2.60 bits per heavy atom. The SMILES string of the molecule is Clc1ccc([C@H]2CC([C@H]3CO3)=NO2)cc1. The quantitative estimate of drug-likeness (QED) is 0.723. The number of nitrogens with zero attached hydrogens (tertiary/aromatic N) is 1. The van der Waals surface area contributed by atoms with Crippen LogP contribution in [-0.4, -0.2) is 18.4 Å². The van der Waals surface area contributed by atoms with Crippen molar-refractivity contribution in [2.24, 2.45) is 5.16 Å². The van der Waals surface area contributed by atoms with Crippen LogP contribution in [0.2, 0.25) is 5.02 Å². The van der Waals surface area contributed by atoms with Crippen molar-refractivity contribution in [3.05, 3.63) is 34.9 Å². The van der Waals surface area contributed by atoms with E-state index >= 15 is 0 Å². The third-order valence-corrected chi connectivity index (χ3v) is 2.89. The Labute approximate surface area is 92.6 Å². The molecule has 15 heavy (non-hydrogen) atoms. The molecule has 0 spiro atoms. The van der Waals surface area contributed by atoms with Gasteiger partial charge in [0.15, 0.2) is 6.10 Å². The summed E-state index contributed by atoms with van der Waals surface area (Å²) in [4.78, 5) is 5.36. The summed E-state index contributed by atoms with van der Waals surface area (Å²) in [5, 5.41) is 4.78. The molecule has 2 aliphatic rings. The zero-order chi connectivity index (χ0) is 10.3. The third-order valence-electron chi connectivity index (χ3n) is 2.64. The van der Waals surface area contributed by atoms with E-state index in [1.54, 1.807) is 0 Å². The molecule has 2 heterocycles. The van der Waals surface area contributed by atoms with Gasteiger partial charge in [-0.1, -0.05) is 28.9 Å². The number of oxime groups is 1. The fourth-order valence-corrected chi connectivity index (χ4v) is 1.81. The predicted molar refractivity (Wildman–Crippen MR) is 57.1 cm³/mol. The number of hydrogen-bond donors (Lipinski definition) is 0. The maximum atomic E-state index is 5.82. The van der Waals surface area contributed by atoms with Crippen molar-refractivity contribution in [1.82, 2.24) is 0 Å². The summed E-state index contributed by atoms with van der Waals surface area (Å²) in [6.45, 7) is 0.787. The van der Waals surface area contributed by atoms with Gasteiger partial charge >= 0.3 is 0 Å². The van der Waals surface area contributed by atoms with Crippen LogP contribution in [0.4, 0.5) is 0 Å². The van der Waals surface area contributed by atoms with Crippen molar-refractivity contribution in [2.75, 3.05) is 6.61 Å². The summed E-state index contributed by atoms with van der Waals surface area (Å²) in [6, 6.07) is 7.68. The van der Waals surface area contributed by atoms with Crippen LogP contribution in [0.15, 0.2) is 29.4 Å². The lowest BCUT2D eigenvalue weighted by Gasteiger charge is -2.07. The van der Waals surface area contributed by atoms with E-state index in [9.17, 15) is 0 Å². The number of ether oxygens (including phenoxy) is 1. The number of epoxide rings is 1. The summed E-state index contributed by atoms with van der Waals surface area (Å²) in [5.41, 5.74) is 2.13. The van der Waals surface area contributed by atoms with Crippen LogP contribution >= 0.6 is 11.6 Å². The van der Waals surface area contributed by atoms with Gasteiger partial charge in [0.25, 0.3) is 0 Å². The van der Waals surface area contributed by atoms with Gasteiger partial charge in [0.2, 0.25) is 0 Å². The molecule has 0 bridgehead atoms. The Morgan fingerprint density at radius 1 is 1.20 bits per heavy atom. The average molecular weight is 224 g/mol. The Hall–Kier alpha value is -1.06. The van der Waals surface area contributed by atoms with E-state index in [1.807, 2.05) is 24.3 Å². The van der Waals surface area contributed by atoms with Crippen molar-refractivity contribution in [2.45, 2.75) is 18.6 Å². The van der Waals surface area contributed by atoms with E-state index in [-0.39, 0.29) is 12.2 Å². The minimum Gasteiger partial charge on any atom is -0.387 e. The lowest BCUT2D eigenvalue weighted by Crippen LogP contribution is -2.05. The van der Waals surface area contributed by atoms with Crippen LogP contribution in [0.3, 0.4) is 0 Å². The second-order valence-electron chi connectivity index (χ2n) is 3.75. The summed E-state index contributed by atoms with van der Waals surface area (Å²) >= 11 is 5.82. The van der Waals surface area contributed by atoms with E-state index in [0.29, 0.717) is 0 Å². The number of rotatable bonds is 2. The fraction of sp³-hybridized carbons (Fsp3) is 0.364. The zero-order valence-corrected chi connectivity index (χ0v) is 8.78. The number of hydrogen-bond acceptors (Lipinski definition) is 3. The molecule has 0 radical (unpaired) electrons. The first-order chi connectivity index (χ1) is 7.33. The summed E-state index contributed by atoms with van der Waals surface area (Å²) < 4.78 is 5.16. The number of benzene rings is 1. The van der Waals surface area contributed by atoms with E-state index < -0.39 is 0 Å². The predicted octanol–water partition coefficient (Wildman–Crippen LogP) is 2.56. The second-order valence-corrected chi connectivity index (χ2v) is 4.19. The van der Waals surface area contributed by atoms with Crippen molar-refractivity contribution in [3.63, 3.8) is 0 Å². The van der Waals surface area contributed by atoms with E-state index in [1.165, 1.54) is 0 Å². The van der Waals surface area contributed by atoms with Gasteiger partial charge in [-0.25, -0.2) is 0 Å². The summed E-state index contributed by atoms with van der Waals surface area (Å²) in [5.74, 6) is 0. The monoisotopic (exact) mass is 223 g/mol. The van der Waals surface area contributed by atoms with Crippen LogP contribution < -0.4 is 0 Å². The van der Waals surface area contributed by atoms with Crippen molar-refractivity contribution in [3.8, 4) is 0 Å². The highest BCUT2D eigenvalue weighted by atomic mass is 35.5. The fourth-order valence-electron chi connectivity index (χ4n) is 1.68. The van der Waals surface area contributed by atoms with Gasteiger partial charge in [-0.2, -0.15) is 0 Å². The average Bonchev–Trinajstić information content (AvgIpc) is 2.99. The molecule has 0 amide bonds. The van der Waals surface area contributed by atoms with Crippen molar-refractivity contribution in [1.29, 1.82) is 0 Å². The first kappa shape index (κ1) is 9.19. The molecule has 0 N–H and O–H groups in total. The topological polar surface area (TPSA) is 34.1 Å². The first-order valence-corrected chi connectivity index (χ1v) is 5.30. The van der Waals surface area contributed by atoms with Crippen LogP contribution in [0.1, 0.15) is 18.1 Å². The number of halogens is 1. The van der Waals surface area contributed by atoms with Gasteiger partial charge in [0.1, 0.15) is 6.10 Å². The van der Waals surface area contributed by atoms with E-state index in [4.69, 9.17) is 21.2 Å². The third kappa shape index (κ3) is 1.85. The molecule has 0 saturated carbocycles. The Morgan fingerprint density at radius 2 is 1.93 bits per heavy atom. The molecule has 3 nitrogen and oxygen atoms in total. The molecule has 2 atom stereocenters. The molecule has 4 heteroatoms. The highest BCUT2D eigenvalue weighted by Crippen LogP contribution is 2.31. The minimum atomic E-state index is 0.0291. The lowest BCUT2D eigenvalue weighted by molar-refractivity contribution is 0.0857. The summed E-state index contributed by atoms with van der Waals surface area (Å²) in [7, 11) is 0. The van der Waals surface area contributed by atoms with Crippen LogP contribution in [0.25, 0.3) is 0 Å². The maximum Gasteiger partial charge on any atom is 0.158 e. The Kier molecular flexibility index (Phi) is 2.15. The molecule has 1 aromatic carbocycles. The van der Waals surface area contributed by atoms with Crippen molar-refractivity contribution >= 4 is 17.3 Å². The van der Waals surface area contributed by atoms with Gasteiger partial charge in [-0.15, -0.1) is 0 Å². The van der Waals surface area contributed by atoms with Crippen LogP contribution in [-0.2, 0) is 9.57 Å². The largest absolute Gasteiger partial charge is 0.387 e. The first-order valence-electron chi connectivity index (χ1n) is 4.92. The van der Waals surface area contributed by atoms with Gasteiger partial charge in [-0.05, 0) is 17.7 Å². The molecule has 0 aliphatic carbocycles. The van der Waals surface area contributed by atoms with Crippen molar-refractivity contribution < 1.29 is 9.57 Å². The van der Waals surface area contributed by atoms with E-state index in [0.717, 1.165) is 29.3 Å². The standard InChI is InChI=1S/C11H10ClNO2/c12-8-3-1-7(2-4-8)10-5-9(13-15-10)11-6-14-11/h1-4,10-11H,5-6H2/t10-,11-/m1/s1. The van der Waals surface area contributed by atoms with E-state index in [2.05, 4.69) is 5.16 Å².